The van der Waals surface area contributed by atoms with Crippen molar-refractivity contribution in [3.8, 4) is 11.5 Å². The van der Waals surface area contributed by atoms with E-state index in [2.05, 4.69) is 0 Å². The van der Waals surface area contributed by atoms with Crippen LogP contribution in [0.25, 0.3) is 0 Å². The van der Waals surface area contributed by atoms with E-state index in [0.29, 0.717) is 29.3 Å². The lowest BCUT2D eigenvalue weighted by molar-refractivity contribution is -0.134. The molecule has 0 bridgehead atoms. The molecule has 2 aromatic carbocycles. The number of carbonyl (C=O) groups is 2. The highest BCUT2D eigenvalue weighted by molar-refractivity contribution is 6.01. The molecule has 3 rings (SSSR count). The third-order valence-electron chi connectivity index (χ3n) is 6.71. The minimum atomic E-state index is -1.52. The van der Waals surface area contributed by atoms with Crippen molar-refractivity contribution in [1.29, 1.82) is 0 Å². The molecule has 36 heavy (non-hydrogen) atoms. The van der Waals surface area contributed by atoms with Crippen LogP contribution in [0.1, 0.15) is 53.5 Å². The Morgan fingerprint density at radius 1 is 0.917 bits per heavy atom. The molecule has 1 aliphatic rings. The minimum absolute atomic E-state index is 0.000851. The van der Waals surface area contributed by atoms with E-state index in [1.807, 2.05) is 45.6 Å². The van der Waals surface area contributed by atoms with Crippen molar-refractivity contribution in [2.45, 2.75) is 53.4 Å². The van der Waals surface area contributed by atoms with Crippen molar-refractivity contribution in [2.75, 3.05) is 6.54 Å². The van der Waals surface area contributed by atoms with Gasteiger partial charge in [0, 0.05) is 17.9 Å². The predicted molar refractivity (Wildman–Crippen MR) is 136 cm³/mol. The fourth-order valence-corrected chi connectivity index (χ4v) is 5.40. The van der Waals surface area contributed by atoms with Crippen LogP contribution >= 0.6 is 0 Å². The number of carboxylic acids is 2. The number of carboxylic acid groups (broad SMARTS) is 2. The largest absolute Gasteiger partial charge is 0.478 e. The van der Waals surface area contributed by atoms with Crippen LogP contribution in [0.15, 0.2) is 71.1 Å². The second-order valence-corrected chi connectivity index (χ2v) is 9.50. The van der Waals surface area contributed by atoms with E-state index >= 15 is 0 Å². The molecule has 0 amide bonds. The molecule has 1 aliphatic heterocycles. The Hall–Kier alpha value is -3.61. The molecule has 6 nitrogen and oxygen atoms in total. The van der Waals surface area contributed by atoms with Gasteiger partial charge in [0.1, 0.15) is 5.75 Å². The Labute approximate surface area is 211 Å². The normalized spacial score (nSPS) is 15.6. The van der Waals surface area contributed by atoms with E-state index < -0.39 is 23.2 Å². The Morgan fingerprint density at radius 2 is 1.44 bits per heavy atom. The summed E-state index contributed by atoms with van der Waals surface area (Å²) in [6, 6.07) is 12.8. The van der Waals surface area contributed by atoms with Gasteiger partial charge in [0.25, 0.3) is 0 Å². The van der Waals surface area contributed by atoms with Crippen molar-refractivity contribution in [3.05, 3.63) is 82.5 Å². The van der Waals surface area contributed by atoms with Gasteiger partial charge >= 0.3 is 11.9 Å². The van der Waals surface area contributed by atoms with Crippen LogP contribution in [0.2, 0.25) is 0 Å². The van der Waals surface area contributed by atoms with E-state index in [1.165, 1.54) is 18.2 Å². The van der Waals surface area contributed by atoms with E-state index in [-0.39, 0.29) is 35.2 Å². The molecule has 2 N–H and O–H groups in total. The third kappa shape index (κ3) is 4.50. The van der Waals surface area contributed by atoms with Crippen molar-refractivity contribution in [3.63, 3.8) is 0 Å². The van der Waals surface area contributed by atoms with Crippen molar-refractivity contribution >= 4 is 11.9 Å². The maximum Gasteiger partial charge on any atom is 0.334 e. The summed E-state index contributed by atoms with van der Waals surface area (Å²) in [7, 11) is 0. The van der Waals surface area contributed by atoms with E-state index in [9.17, 15) is 24.2 Å². The van der Waals surface area contributed by atoms with Crippen molar-refractivity contribution < 1.29 is 28.9 Å². The maximum absolute atomic E-state index is 14.9. The first-order valence-electron chi connectivity index (χ1n) is 12.3. The number of rotatable bonds is 9. The molecular formula is C29H34FNO5. The van der Waals surface area contributed by atoms with Crippen LogP contribution in [0.4, 0.5) is 4.39 Å². The molecule has 1 heterocycles. The van der Waals surface area contributed by atoms with Gasteiger partial charge in [-0.3, -0.25) is 0 Å². The number of ether oxygens (including phenoxy) is 1. The molecule has 2 aromatic rings. The number of hydrogen-bond acceptors (Lipinski definition) is 4. The number of hydrogen-bond donors (Lipinski definition) is 2. The zero-order chi connectivity index (χ0) is 26.8. The molecule has 0 aromatic heterocycles. The monoisotopic (exact) mass is 495 g/mol. The van der Waals surface area contributed by atoms with Crippen LogP contribution in [0, 0.1) is 17.7 Å². The van der Waals surface area contributed by atoms with Crippen LogP contribution in [0.3, 0.4) is 0 Å². The number of para-hydroxylation sites is 1. The molecule has 192 valence electrons. The molecule has 0 spiro atoms. The van der Waals surface area contributed by atoms with Crippen LogP contribution in [-0.2, 0) is 15.0 Å². The van der Waals surface area contributed by atoms with Crippen molar-refractivity contribution in [2.24, 2.45) is 11.8 Å². The molecule has 7 heteroatoms. The molecule has 0 unspecified atom stereocenters. The van der Waals surface area contributed by atoms with E-state index in [4.69, 9.17) is 4.74 Å². The van der Waals surface area contributed by atoms with Gasteiger partial charge in [-0.25, -0.2) is 14.0 Å². The number of nitrogens with zero attached hydrogens (tertiary/aromatic N) is 1. The first-order valence-corrected chi connectivity index (χ1v) is 12.3. The zero-order valence-electron chi connectivity index (χ0n) is 21.6. The fourth-order valence-electron chi connectivity index (χ4n) is 5.40. The minimum Gasteiger partial charge on any atom is -0.478 e. The summed E-state index contributed by atoms with van der Waals surface area (Å²) >= 11 is 0. The quantitative estimate of drug-likeness (QED) is 0.408. The van der Waals surface area contributed by atoms with Crippen LogP contribution < -0.4 is 4.74 Å². The van der Waals surface area contributed by atoms with E-state index in [1.54, 1.807) is 31.2 Å². The third-order valence-corrected chi connectivity index (χ3v) is 6.71. The summed E-state index contributed by atoms with van der Waals surface area (Å²) in [6.45, 7) is 11.7. The number of allylic oxidation sites excluding steroid dienone is 2. The molecule has 0 radical (unpaired) electrons. The van der Waals surface area contributed by atoms with Gasteiger partial charge in [0.2, 0.25) is 0 Å². The van der Waals surface area contributed by atoms with Gasteiger partial charge in [-0.1, -0.05) is 58.9 Å². The summed E-state index contributed by atoms with van der Waals surface area (Å²) in [5, 5.41) is 21.2. The standard InChI is InChI=1S/C29H34FNO5/c1-7-29(19-14-15-21(30)22(16-19)36-20-12-10-9-11-13-20)23(27(32)33)25(17(3)4)31(8-2)26(18(5)6)24(29)28(34)35/h9-18H,7-8H2,1-6H3,(H,32,33)(H,34,35). The molecule has 0 aliphatic carbocycles. The van der Waals surface area contributed by atoms with Crippen molar-refractivity contribution in [1.82, 2.24) is 4.90 Å². The van der Waals surface area contributed by atoms with Gasteiger partial charge in [0.05, 0.1) is 16.6 Å². The lowest BCUT2D eigenvalue weighted by Gasteiger charge is -2.48. The smallest absolute Gasteiger partial charge is 0.334 e. The summed E-state index contributed by atoms with van der Waals surface area (Å²) in [5.74, 6) is -3.12. The van der Waals surface area contributed by atoms with Gasteiger partial charge in [0.15, 0.2) is 11.6 Å². The Bertz CT molecular complexity index is 1170. The topological polar surface area (TPSA) is 87.1 Å². The highest BCUT2D eigenvalue weighted by Crippen LogP contribution is 2.52. The van der Waals surface area contributed by atoms with Gasteiger partial charge in [-0.2, -0.15) is 0 Å². The number of aliphatic carboxylic acids is 2. The lowest BCUT2D eigenvalue weighted by atomic mass is 9.62. The Balaban J connectivity index is 2.46. The summed E-state index contributed by atoms with van der Waals surface area (Å²) in [4.78, 5) is 27.8. The molecule has 0 saturated carbocycles. The summed E-state index contributed by atoms with van der Waals surface area (Å²) < 4.78 is 20.7. The highest BCUT2D eigenvalue weighted by atomic mass is 19.1. The summed E-state index contributed by atoms with van der Waals surface area (Å²) in [5.41, 5.74) is -0.0303. The highest BCUT2D eigenvalue weighted by Gasteiger charge is 2.53. The van der Waals surface area contributed by atoms with E-state index in [0.717, 1.165) is 0 Å². The fraction of sp³-hybridized carbons (Fsp3) is 0.379. The Morgan fingerprint density at radius 3 is 1.86 bits per heavy atom. The SMILES string of the molecule is CCN1C(C(C)C)=C(C(=O)O)C(CC)(c2ccc(F)c(Oc3ccccc3)c2)C(C(=O)O)=C1C(C)C. The molecular weight excluding hydrogens is 461 g/mol. The average Bonchev–Trinajstić information content (AvgIpc) is 2.83. The average molecular weight is 496 g/mol. The molecule has 0 saturated heterocycles. The zero-order valence-corrected chi connectivity index (χ0v) is 21.6. The molecule has 0 fully saturated rings. The first kappa shape index (κ1) is 27.0. The first-order chi connectivity index (χ1) is 17.0. The van der Waals surface area contributed by atoms with Crippen LogP contribution in [0.5, 0.6) is 11.5 Å². The van der Waals surface area contributed by atoms with Crippen LogP contribution in [-0.4, -0.2) is 33.6 Å². The number of benzene rings is 2. The maximum atomic E-state index is 14.9. The Kier molecular flexibility index (Phi) is 7.92. The second-order valence-electron chi connectivity index (χ2n) is 9.50. The number of halogens is 1. The van der Waals surface area contributed by atoms with Gasteiger partial charge in [-0.05, 0) is 55.0 Å². The van der Waals surface area contributed by atoms with Gasteiger partial charge in [-0.15, -0.1) is 0 Å². The summed E-state index contributed by atoms with van der Waals surface area (Å²) in [6.07, 6.45) is 0.149. The molecule has 0 atom stereocenters. The predicted octanol–water partition coefficient (Wildman–Crippen LogP) is 6.59. The van der Waals surface area contributed by atoms with Gasteiger partial charge < -0.3 is 19.8 Å². The second kappa shape index (κ2) is 10.6. The lowest BCUT2D eigenvalue weighted by Crippen LogP contribution is -2.48.